The largest absolute Gasteiger partial charge is 0.386 e. The molecule has 1 aliphatic heterocycles. The van der Waals surface area contributed by atoms with Crippen LogP contribution in [-0.2, 0) is 11.8 Å². The fraction of sp³-hybridized carbons (Fsp3) is 0.667. The topological polar surface area (TPSA) is 47.3 Å². The van der Waals surface area contributed by atoms with Crippen LogP contribution in [-0.4, -0.2) is 28.1 Å². The molecule has 0 bridgehead atoms. The van der Waals surface area contributed by atoms with Crippen molar-refractivity contribution in [1.82, 2.24) is 9.78 Å². The Hall–Kier alpha value is -0.390. The molecule has 1 fully saturated rings. The monoisotopic (exact) mass is 260 g/mol. The minimum atomic E-state index is -0.487. The Kier molecular flexibility index (Phi) is 2.90. The van der Waals surface area contributed by atoms with E-state index < -0.39 is 6.10 Å². The number of hydrogen-bond acceptors (Lipinski definition) is 3. The van der Waals surface area contributed by atoms with Crippen LogP contribution in [0.1, 0.15) is 18.2 Å². The second-order valence-electron chi connectivity index (χ2n) is 3.57. The summed E-state index contributed by atoms with van der Waals surface area (Å²) < 4.78 is 7.81. The molecule has 5 heteroatoms. The molecule has 0 aliphatic carbocycles. The molecule has 1 aliphatic rings. The van der Waals surface area contributed by atoms with Crippen LogP contribution < -0.4 is 0 Å². The molecule has 2 heterocycles. The average molecular weight is 261 g/mol. The van der Waals surface area contributed by atoms with Gasteiger partial charge in [-0.3, -0.25) is 4.68 Å². The fourth-order valence-electron chi connectivity index (χ4n) is 1.78. The zero-order valence-corrected chi connectivity index (χ0v) is 9.57. The summed E-state index contributed by atoms with van der Waals surface area (Å²) in [5.41, 5.74) is 0.834. The van der Waals surface area contributed by atoms with E-state index in [1.807, 2.05) is 7.05 Å². The lowest BCUT2D eigenvalue weighted by molar-refractivity contribution is 0.0849. The molecule has 78 valence electrons. The van der Waals surface area contributed by atoms with Gasteiger partial charge >= 0.3 is 0 Å². The predicted molar refractivity (Wildman–Crippen MR) is 54.8 cm³/mol. The molecule has 0 spiro atoms. The van der Waals surface area contributed by atoms with E-state index in [1.165, 1.54) is 0 Å². The van der Waals surface area contributed by atoms with Crippen LogP contribution in [0, 0.1) is 5.92 Å². The van der Waals surface area contributed by atoms with Gasteiger partial charge in [-0.05, 0) is 22.4 Å². The van der Waals surface area contributed by atoms with E-state index in [9.17, 15) is 5.11 Å². The molecule has 0 amide bonds. The molecule has 1 saturated heterocycles. The normalized spacial score (nSPS) is 24.1. The van der Waals surface area contributed by atoms with Crippen LogP contribution in [0.25, 0.3) is 0 Å². The van der Waals surface area contributed by atoms with Crippen molar-refractivity contribution in [2.75, 3.05) is 13.2 Å². The SMILES string of the molecule is Cn1ncc(Br)c1C(O)C1CCOC1. The highest BCUT2D eigenvalue weighted by atomic mass is 79.9. The Morgan fingerprint density at radius 2 is 2.57 bits per heavy atom. The lowest BCUT2D eigenvalue weighted by Gasteiger charge is -2.17. The molecule has 2 rings (SSSR count). The third-order valence-corrected chi connectivity index (χ3v) is 3.24. The summed E-state index contributed by atoms with van der Waals surface area (Å²) in [5, 5.41) is 14.2. The number of aliphatic hydroxyl groups excluding tert-OH is 1. The Balaban J connectivity index is 2.21. The van der Waals surface area contributed by atoms with E-state index in [-0.39, 0.29) is 5.92 Å². The highest BCUT2D eigenvalue weighted by Crippen LogP contribution is 2.32. The zero-order chi connectivity index (χ0) is 10.1. The molecule has 4 nitrogen and oxygen atoms in total. The van der Waals surface area contributed by atoms with Crippen LogP contribution in [0.5, 0.6) is 0 Å². The van der Waals surface area contributed by atoms with Gasteiger partial charge < -0.3 is 9.84 Å². The minimum Gasteiger partial charge on any atom is -0.386 e. The van der Waals surface area contributed by atoms with Gasteiger partial charge in [-0.2, -0.15) is 5.10 Å². The maximum Gasteiger partial charge on any atom is 0.102 e. The Bertz CT molecular complexity index is 301. The average Bonchev–Trinajstić information content (AvgIpc) is 2.75. The van der Waals surface area contributed by atoms with Crippen molar-refractivity contribution in [2.45, 2.75) is 12.5 Å². The van der Waals surface area contributed by atoms with Gasteiger partial charge in [-0.25, -0.2) is 0 Å². The van der Waals surface area contributed by atoms with Crippen molar-refractivity contribution in [1.29, 1.82) is 0 Å². The fourth-order valence-corrected chi connectivity index (χ4v) is 2.36. The maximum absolute atomic E-state index is 10.1. The molecular weight excluding hydrogens is 248 g/mol. The second kappa shape index (κ2) is 4.00. The molecule has 1 N–H and O–H groups in total. The number of aromatic nitrogens is 2. The number of rotatable bonds is 2. The summed E-state index contributed by atoms with van der Waals surface area (Å²) >= 11 is 3.38. The molecule has 1 aromatic heterocycles. The second-order valence-corrected chi connectivity index (χ2v) is 4.42. The van der Waals surface area contributed by atoms with Gasteiger partial charge in [-0.1, -0.05) is 0 Å². The number of ether oxygens (including phenoxy) is 1. The number of nitrogens with zero attached hydrogens (tertiary/aromatic N) is 2. The van der Waals surface area contributed by atoms with E-state index in [0.717, 1.165) is 23.2 Å². The van der Waals surface area contributed by atoms with E-state index in [2.05, 4.69) is 21.0 Å². The van der Waals surface area contributed by atoms with Gasteiger partial charge in [0.05, 0.1) is 23.0 Å². The third kappa shape index (κ3) is 1.71. The maximum atomic E-state index is 10.1. The summed E-state index contributed by atoms with van der Waals surface area (Å²) in [7, 11) is 1.83. The molecule has 0 aromatic carbocycles. The van der Waals surface area contributed by atoms with Crippen molar-refractivity contribution < 1.29 is 9.84 Å². The molecule has 0 saturated carbocycles. The van der Waals surface area contributed by atoms with E-state index in [1.54, 1.807) is 10.9 Å². The minimum absolute atomic E-state index is 0.196. The molecular formula is C9H13BrN2O2. The molecule has 14 heavy (non-hydrogen) atoms. The Labute approximate surface area is 91.0 Å². The first-order valence-electron chi connectivity index (χ1n) is 4.63. The van der Waals surface area contributed by atoms with E-state index in [0.29, 0.717) is 6.61 Å². The number of halogens is 1. The highest BCUT2D eigenvalue weighted by molar-refractivity contribution is 9.10. The van der Waals surface area contributed by atoms with Crippen molar-refractivity contribution in [2.24, 2.45) is 13.0 Å². The van der Waals surface area contributed by atoms with E-state index in [4.69, 9.17) is 4.74 Å². The smallest absolute Gasteiger partial charge is 0.102 e. The first kappa shape index (κ1) is 10.1. The summed E-state index contributed by atoms with van der Waals surface area (Å²) in [4.78, 5) is 0. The van der Waals surface area contributed by atoms with Gasteiger partial charge in [0.25, 0.3) is 0 Å². The van der Waals surface area contributed by atoms with Crippen molar-refractivity contribution in [3.8, 4) is 0 Å². The van der Waals surface area contributed by atoms with Gasteiger partial charge in [-0.15, -0.1) is 0 Å². The van der Waals surface area contributed by atoms with Crippen LogP contribution >= 0.6 is 15.9 Å². The van der Waals surface area contributed by atoms with Crippen LogP contribution in [0.15, 0.2) is 10.7 Å². The Morgan fingerprint density at radius 3 is 3.07 bits per heavy atom. The molecule has 2 unspecified atom stereocenters. The number of hydrogen-bond donors (Lipinski definition) is 1. The highest BCUT2D eigenvalue weighted by Gasteiger charge is 2.28. The molecule has 2 atom stereocenters. The summed E-state index contributed by atoms with van der Waals surface area (Å²) in [5.74, 6) is 0.196. The quantitative estimate of drug-likeness (QED) is 0.871. The van der Waals surface area contributed by atoms with Gasteiger partial charge in [0.1, 0.15) is 6.10 Å². The van der Waals surface area contributed by atoms with Crippen LogP contribution in [0.4, 0.5) is 0 Å². The standard InChI is InChI=1S/C9H13BrN2O2/c1-12-8(7(10)4-11-12)9(13)6-2-3-14-5-6/h4,6,9,13H,2-3,5H2,1H3. The van der Waals surface area contributed by atoms with Crippen LogP contribution in [0.3, 0.4) is 0 Å². The van der Waals surface area contributed by atoms with E-state index >= 15 is 0 Å². The lowest BCUT2D eigenvalue weighted by Crippen LogP contribution is -2.16. The van der Waals surface area contributed by atoms with Gasteiger partial charge in [0.15, 0.2) is 0 Å². The summed E-state index contributed by atoms with van der Waals surface area (Å²) in [6.07, 6.45) is 2.13. The third-order valence-electron chi connectivity index (χ3n) is 2.63. The van der Waals surface area contributed by atoms with Crippen LogP contribution in [0.2, 0.25) is 0 Å². The lowest BCUT2D eigenvalue weighted by atomic mass is 9.99. The van der Waals surface area contributed by atoms with Crippen molar-refractivity contribution >= 4 is 15.9 Å². The number of aliphatic hydroxyl groups is 1. The number of aryl methyl sites for hydroxylation is 1. The zero-order valence-electron chi connectivity index (χ0n) is 7.98. The predicted octanol–water partition coefficient (Wildman–Crippen LogP) is 1.25. The first-order chi connectivity index (χ1) is 6.70. The molecule has 0 radical (unpaired) electrons. The van der Waals surface area contributed by atoms with Crippen molar-refractivity contribution in [3.05, 3.63) is 16.4 Å². The van der Waals surface area contributed by atoms with Crippen molar-refractivity contribution in [3.63, 3.8) is 0 Å². The Morgan fingerprint density at radius 1 is 1.79 bits per heavy atom. The first-order valence-corrected chi connectivity index (χ1v) is 5.42. The van der Waals surface area contributed by atoms with Gasteiger partial charge in [0, 0.05) is 19.6 Å². The summed E-state index contributed by atoms with van der Waals surface area (Å²) in [6, 6.07) is 0. The summed E-state index contributed by atoms with van der Waals surface area (Å²) in [6.45, 7) is 1.38. The van der Waals surface area contributed by atoms with Gasteiger partial charge in [0.2, 0.25) is 0 Å². The molecule has 1 aromatic rings.